The molecule has 1 saturated heterocycles. The highest BCUT2D eigenvalue weighted by molar-refractivity contribution is 6.53. The molecule has 0 saturated carbocycles. The molecule has 3 aromatic carbocycles. The molecule has 7 heteroatoms. The number of Topliss-reactive ketones (excluding diaryl/α,β-unsaturated/α-hetero) is 1. The van der Waals surface area contributed by atoms with Crippen LogP contribution in [0, 0.1) is 5.92 Å². The maximum absolute atomic E-state index is 13.5. The van der Waals surface area contributed by atoms with E-state index in [1.807, 2.05) is 18.2 Å². The van der Waals surface area contributed by atoms with Gasteiger partial charge in [0.15, 0.2) is 0 Å². The number of hydrazone groups is 1. The Morgan fingerprint density at radius 2 is 1.42 bits per heavy atom. The molecule has 0 spiro atoms. The van der Waals surface area contributed by atoms with Crippen LogP contribution < -0.4 is 9.91 Å². The Labute approximate surface area is 183 Å². The first kappa shape index (κ1) is 19.2. The molecule has 2 heterocycles. The zero-order chi connectivity index (χ0) is 21.5. The van der Waals surface area contributed by atoms with E-state index in [9.17, 15) is 14.4 Å². The van der Waals surface area contributed by atoms with E-state index in [1.54, 1.807) is 66.7 Å². The van der Waals surface area contributed by atoms with Crippen LogP contribution in [-0.4, -0.2) is 29.4 Å². The van der Waals surface area contributed by atoms with Crippen LogP contribution in [0.4, 0.5) is 11.4 Å². The number of imide groups is 1. The predicted octanol–water partition coefficient (Wildman–Crippen LogP) is 3.96. The van der Waals surface area contributed by atoms with Crippen LogP contribution >= 0.6 is 11.6 Å². The highest BCUT2D eigenvalue weighted by Gasteiger charge is 2.58. The van der Waals surface area contributed by atoms with Gasteiger partial charge in [-0.15, -0.1) is 0 Å². The van der Waals surface area contributed by atoms with Crippen molar-refractivity contribution in [3.05, 3.63) is 95.5 Å². The van der Waals surface area contributed by atoms with E-state index in [1.165, 1.54) is 5.01 Å². The second-order valence-electron chi connectivity index (χ2n) is 7.25. The van der Waals surface area contributed by atoms with Crippen molar-refractivity contribution in [3.63, 3.8) is 0 Å². The number of benzene rings is 3. The fourth-order valence-electron chi connectivity index (χ4n) is 4.00. The number of carbonyl (C=O) groups excluding carboxylic acids is 3. The summed E-state index contributed by atoms with van der Waals surface area (Å²) in [6.07, 6.45) is 0. The zero-order valence-corrected chi connectivity index (χ0v) is 16.9. The molecule has 2 amide bonds. The minimum absolute atomic E-state index is 0.0490. The van der Waals surface area contributed by atoms with Crippen molar-refractivity contribution in [1.82, 2.24) is 0 Å². The Morgan fingerprint density at radius 1 is 0.806 bits per heavy atom. The molecule has 6 nitrogen and oxygen atoms in total. The lowest BCUT2D eigenvalue weighted by atomic mass is 9.92. The van der Waals surface area contributed by atoms with Gasteiger partial charge < -0.3 is 0 Å². The van der Waals surface area contributed by atoms with Crippen LogP contribution in [0.1, 0.15) is 10.4 Å². The number of hydrogen-bond donors (Lipinski definition) is 0. The molecule has 0 aliphatic carbocycles. The molecule has 1 fully saturated rings. The van der Waals surface area contributed by atoms with Crippen molar-refractivity contribution in [2.75, 3.05) is 9.91 Å². The first-order valence-electron chi connectivity index (χ1n) is 9.73. The molecule has 0 bridgehead atoms. The van der Waals surface area contributed by atoms with Gasteiger partial charge in [-0.25, -0.2) is 4.90 Å². The summed E-state index contributed by atoms with van der Waals surface area (Å²) in [5, 5.41) is 6.22. The third-order valence-electron chi connectivity index (χ3n) is 5.43. The smallest absolute Gasteiger partial charge is 0.259 e. The summed E-state index contributed by atoms with van der Waals surface area (Å²) in [7, 11) is 0. The van der Waals surface area contributed by atoms with Gasteiger partial charge in [0.25, 0.3) is 5.91 Å². The van der Waals surface area contributed by atoms with Gasteiger partial charge in [0.2, 0.25) is 11.7 Å². The summed E-state index contributed by atoms with van der Waals surface area (Å²) in [5.74, 6) is -2.37. The van der Waals surface area contributed by atoms with Gasteiger partial charge in [0.05, 0.1) is 16.4 Å². The van der Waals surface area contributed by atoms with E-state index >= 15 is 0 Å². The monoisotopic (exact) mass is 429 g/mol. The second-order valence-corrected chi connectivity index (χ2v) is 7.65. The average Bonchev–Trinajstić information content (AvgIpc) is 3.32. The number of hydrogen-bond acceptors (Lipinski definition) is 5. The number of rotatable bonds is 4. The number of anilines is 2. The van der Waals surface area contributed by atoms with Gasteiger partial charge in [0.1, 0.15) is 17.7 Å². The zero-order valence-electron chi connectivity index (χ0n) is 16.2. The summed E-state index contributed by atoms with van der Waals surface area (Å²) in [6.45, 7) is 0. The second kappa shape index (κ2) is 7.49. The fourth-order valence-corrected chi connectivity index (χ4v) is 4.22. The molecule has 0 N–H and O–H groups in total. The summed E-state index contributed by atoms with van der Waals surface area (Å²) in [4.78, 5) is 41.3. The Morgan fingerprint density at radius 3 is 2.10 bits per heavy atom. The van der Waals surface area contributed by atoms with Crippen LogP contribution in [0.5, 0.6) is 0 Å². The number of amides is 2. The van der Waals surface area contributed by atoms with Crippen molar-refractivity contribution in [1.29, 1.82) is 0 Å². The van der Waals surface area contributed by atoms with Gasteiger partial charge in [-0.3, -0.25) is 19.4 Å². The maximum atomic E-state index is 13.5. The van der Waals surface area contributed by atoms with Gasteiger partial charge >= 0.3 is 0 Å². The van der Waals surface area contributed by atoms with E-state index in [2.05, 4.69) is 5.10 Å². The number of fused-ring (bicyclic) bond motifs is 1. The SMILES string of the molecule is O=C(C1=NN(c2ccccc2)[C@H]2C(=O)N(c3ccccc3Cl)C(=O)[C@@H]12)c1ccccc1. The third-order valence-corrected chi connectivity index (χ3v) is 5.75. The third kappa shape index (κ3) is 3.04. The van der Waals surface area contributed by atoms with Crippen molar-refractivity contribution in [2.45, 2.75) is 6.04 Å². The van der Waals surface area contributed by atoms with E-state index in [4.69, 9.17) is 11.6 Å². The first-order valence-corrected chi connectivity index (χ1v) is 10.1. The van der Waals surface area contributed by atoms with Gasteiger partial charge in [-0.05, 0) is 24.3 Å². The van der Waals surface area contributed by atoms with Crippen molar-refractivity contribution in [3.8, 4) is 0 Å². The molecule has 2 atom stereocenters. The molecular formula is C24H16ClN3O3. The van der Waals surface area contributed by atoms with Crippen LogP contribution in [0.3, 0.4) is 0 Å². The normalized spacial score (nSPS) is 20.1. The molecule has 0 radical (unpaired) electrons. The lowest BCUT2D eigenvalue weighted by Gasteiger charge is -2.22. The van der Waals surface area contributed by atoms with E-state index in [0.717, 1.165) is 4.90 Å². The highest BCUT2D eigenvalue weighted by Crippen LogP contribution is 2.40. The van der Waals surface area contributed by atoms with Gasteiger partial charge in [0, 0.05) is 5.56 Å². The number of halogens is 1. The van der Waals surface area contributed by atoms with Crippen LogP contribution in [-0.2, 0) is 9.59 Å². The predicted molar refractivity (Wildman–Crippen MR) is 118 cm³/mol. The molecule has 5 rings (SSSR count). The number of carbonyl (C=O) groups is 3. The Bertz CT molecular complexity index is 1230. The Hall–Kier alpha value is -3.77. The summed E-state index contributed by atoms with van der Waals surface area (Å²) in [6, 6.07) is 23.3. The van der Waals surface area contributed by atoms with E-state index in [-0.39, 0.29) is 16.5 Å². The summed E-state index contributed by atoms with van der Waals surface area (Å²) in [5.41, 5.74) is 1.38. The van der Waals surface area contributed by atoms with E-state index < -0.39 is 23.8 Å². The van der Waals surface area contributed by atoms with Gasteiger partial charge in [-0.2, -0.15) is 5.10 Å². The molecule has 2 aliphatic rings. The maximum Gasteiger partial charge on any atom is 0.259 e. The van der Waals surface area contributed by atoms with E-state index in [0.29, 0.717) is 16.9 Å². The van der Waals surface area contributed by atoms with Crippen LogP contribution in [0.2, 0.25) is 5.02 Å². The highest BCUT2D eigenvalue weighted by atomic mass is 35.5. The first-order chi connectivity index (χ1) is 15.1. The molecular weight excluding hydrogens is 414 g/mol. The minimum Gasteiger partial charge on any atom is -0.287 e. The minimum atomic E-state index is -1.02. The van der Waals surface area contributed by atoms with Crippen LogP contribution in [0.25, 0.3) is 0 Å². The molecule has 0 unspecified atom stereocenters. The molecule has 3 aromatic rings. The Balaban J connectivity index is 1.63. The quantitative estimate of drug-likeness (QED) is 0.465. The fraction of sp³-hybridized carbons (Fsp3) is 0.0833. The number of nitrogens with zero attached hydrogens (tertiary/aromatic N) is 3. The molecule has 31 heavy (non-hydrogen) atoms. The van der Waals surface area contributed by atoms with Crippen molar-refractivity contribution in [2.24, 2.45) is 11.0 Å². The topological polar surface area (TPSA) is 70.1 Å². The van der Waals surface area contributed by atoms with Crippen LogP contribution in [0.15, 0.2) is 90.0 Å². The molecule has 0 aromatic heterocycles. The number of ketones is 1. The summed E-state index contributed by atoms with van der Waals surface area (Å²) >= 11 is 6.28. The summed E-state index contributed by atoms with van der Waals surface area (Å²) < 4.78 is 0. The average molecular weight is 430 g/mol. The van der Waals surface area contributed by atoms with Crippen molar-refractivity contribution < 1.29 is 14.4 Å². The lowest BCUT2D eigenvalue weighted by Crippen LogP contribution is -2.39. The Kier molecular flexibility index (Phi) is 4.64. The van der Waals surface area contributed by atoms with Crippen molar-refractivity contribution >= 4 is 46.3 Å². The lowest BCUT2D eigenvalue weighted by molar-refractivity contribution is -0.121. The largest absolute Gasteiger partial charge is 0.287 e. The number of para-hydroxylation sites is 2. The standard InChI is InChI=1S/C24H16ClN3O3/c25-17-13-7-8-14-18(17)27-23(30)19-20(22(29)15-9-3-1-4-10-15)26-28(21(19)24(27)31)16-11-5-2-6-12-16/h1-14,19,21H/t19-,21+/m0/s1. The van der Waals surface area contributed by atoms with Gasteiger partial charge in [-0.1, -0.05) is 72.3 Å². The molecule has 152 valence electrons. The molecule has 2 aliphatic heterocycles.